The SMILES string of the molecule is O=C1C(=Cc2ccco2)SC(=S)N1c1ccccc1. The summed E-state index contributed by atoms with van der Waals surface area (Å²) in [4.78, 5) is 14.5. The summed E-state index contributed by atoms with van der Waals surface area (Å²) >= 11 is 6.55. The van der Waals surface area contributed by atoms with E-state index in [-0.39, 0.29) is 5.91 Å². The predicted molar refractivity (Wildman–Crippen MR) is 80.8 cm³/mol. The van der Waals surface area contributed by atoms with Crippen LogP contribution in [-0.2, 0) is 4.79 Å². The van der Waals surface area contributed by atoms with Crippen molar-refractivity contribution < 1.29 is 9.21 Å². The number of para-hydroxylation sites is 1. The van der Waals surface area contributed by atoms with Crippen molar-refractivity contribution in [1.82, 2.24) is 0 Å². The Balaban J connectivity index is 1.94. The van der Waals surface area contributed by atoms with E-state index in [1.807, 2.05) is 30.3 Å². The molecule has 1 aromatic heterocycles. The number of thioether (sulfide) groups is 1. The zero-order valence-corrected chi connectivity index (χ0v) is 11.4. The van der Waals surface area contributed by atoms with Crippen molar-refractivity contribution in [3.8, 4) is 0 Å². The van der Waals surface area contributed by atoms with Crippen LogP contribution in [0.4, 0.5) is 5.69 Å². The lowest BCUT2D eigenvalue weighted by molar-refractivity contribution is -0.113. The molecular weight excluding hydrogens is 278 g/mol. The number of hydrogen-bond donors (Lipinski definition) is 0. The van der Waals surface area contributed by atoms with E-state index in [9.17, 15) is 4.79 Å². The summed E-state index contributed by atoms with van der Waals surface area (Å²) in [5.74, 6) is 0.533. The van der Waals surface area contributed by atoms with Gasteiger partial charge in [-0.1, -0.05) is 42.2 Å². The van der Waals surface area contributed by atoms with Gasteiger partial charge < -0.3 is 4.42 Å². The second-order valence-electron chi connectivity index (χ2n) is 3.87. The van der Waals surface area contributed by atoms with Crippen LogP contribution in [0, 0.1) is 0 Å². The van der Waals surface area contributed by atoms with Crippen LogP contribution in [0.5, 0.6) is 0 Å². The third-order valence-corrected chi connectivity index (χ3v) is 3.93. The molecule has 1 saturated heterocycles. The van der Waals surface area contributed by atoms with Crippen molar-refractivity contribution in [2.45, 2.75) is 0 Å². The summed E-state index contributed by atoms with van der Waals surface area (Å²) in [6.07, 6.45) is 3.28. The van der Waals surface area contributed by atoms with Crippen LogP contribution in [0.15, 0.2) is 58.1 Å². The average Bonchev–Trinajstić information content (AvgIpc) is 3.01. The van der Waals surface area contributed by atoms with Crippen molar-refractivity contribution in [2.24, 2.45) is 0 Å². The molecule has 1 amide bonds. The quantitative estimate of drug-likeness (QED) is 0.623. The smallest absolute Gasteiger partial charge is 0.270 e. The van der Waals surface area contributed by atoms with E-state index in [1.165, 1.54) is 16.7 Å². The molecule has 0 bridgehead atoms. The molecule has 0 aliphatic carbocycles. The van der Waals surface area contributed by atoms with Crippen LogP contribution in [0.1, 0.15) is 5.76 Å². The van der Waals surface area contributed by atoms with Crippen molar-refractivity contribution >= 4 is 46.0 Å². The molecule has 5 heteroatoms. The second-order valence-corrected chi connectivity index (χ2v) is 5.54. The number of amides is 1. The summed E-state index contributed by atoms with van der Waals surface area (Å²) in [6.45, 7) is 0. The first-order chi connectivity index (χ1) is 9.25. The number of benzene rings is 1. The maximum atomic E-state index is 12.4. The second kappa shape index (κ2) is 5.03. The Labute approximate surface area is 119 Å². The zero-order chi connectivity index (χ0) is 13.2. The standard InChI is InChI=1S/C14H9NO2S2/c16-13-12(9-11-7-4-8-17-11)19-14(18)15(13)10-5-2-1-3-6-10/h1-9H. The van der Waals surface area contributed by atoms with Gasteiger partial charge in [0.25, 0.3) is 5.91 Å². The zero-order valence-electron chi connectivity index (χ0n) is 9.78. The molecule has 1 aromatic carbocycles. The van der Waals surface area contributed by atoms with E-state index in [2.05, 4.69) is 0 Å². The van der Waals surface area contributed by atoms with E-state index in [4.69, 9.17) is 16.6 Å². The number of carbonyl (C=O) groups is 1. The van der Waals surface area contributed by atoms with Crippen LogP contribution in [-0.4, -0.2) is 10.2 Å². The van der Waals surface area contributed by atoms with Gasteiger partial charge in [0.15, 0.2) is 4.32 Å². The fraction of sp³-hybridized carbons (Fsp3) is 0. The first kappa shape index (κ1) is 12.2. The van der Waals surface area contributed by atoms with Gasteiger partial charge in [-0.15, -0.1) is 0 Å². The lowest BCUT2D eigenvalue weighted by Crippen LogP contribution is -2.27. The number of nitrogens with zero attached hydrogens (tertiary/aromatic N) is 1. The molecule has 2 heterocycles. The van der Waals surface area contributed by atoms with Crippen LogP contribution in [0.25, 0.3) is 6.08 Å². The summed E-state index contributed by atoms with van der Waals surface area (Å²) in [5.41, 5.74) is 0.785. The molecular formula is C14H9NO2S2. The Morgan fingerprint density at radius 2 is 1.95 bits per heavy atom. The van der Waals surface area contributed by atoms with Gasteiger partial charge in [0.05, 0.1) is 16.9 Å². The van der Waals surface area contributed by atoms with E-state index in [0.29, 0.717) is 15.0 Å². The molecule has 0 radical (unpaired) electrons. The lowest BCUT2D eigenvalue weighted by atomic mass is 10.3. The molecule has 1 aliphatic heterocycles. The highest BCUT2D eigenvalue weighted by Crippen LogP contribution is 2.35. The van der Waals surface area contributed by atoms with Gasteiger partial charge in [-0.25, -0.2) is 0 Å². The van der Waals surface area contributed by atoms with E-state index >= 15 is 0 Å². The summed E-state index contributed by atoms with van der Waals surface area (Å²) < 4.78 is 5.75. The van der Waals surface area contributed by atoms with Crippen molar-refractivity contribution in [1.29, 1.82) is 0 Å². The molecule has 0 unspecified atom stereocenters. The number of carbonyl (C=O) groups excluding carboxylic acids is 1. The minimum Gasteiger partial charge on any atom is -0.465 e. The summed E-state index contributed by atoms with van der Waals surface area (Å²) in [7, 11) is 0. The van der Waals surface area contributed by atoms with E-state index in [1.54, 1.807) is 24.5 Å². The Kier molecular flexibility index (Phi) is 3.23. The number of anilines is 1. The van der Waals surface area contributed by atoms with E-state index < -0.39 is 0 Å². The molecule has 0 N–H and O–H groups in total. The number of rotatable bonds is 2. The molecule has 0 atom stereocenters. The molecule has 2 aromatic rings. The third kappa shape index (κ3) is 2.34. The average molecular weight is 287 g/mol. The lowest BCUT2D eigenvalue weighted by Gasteiger charge is -2.13. The fourth-order valence-electron chi connectivity index (χ4n) is 1.77. The topological polar surface area (TPSA) is 33.5 Å². The molecule has 19 heavy (non-hydrogen) atoms. The van der Waals surface area contributed by atoms with Gasteiger partial charge in [-0.05, 0) is 24.3 Å². The van der Waals surface area contributed by atoms with Crippen molar-refractivity contribution in [3.63, 3.8) is 0 Å². The highest BCUT2D eigenvalue weighted by Gasteiger charge is 2.33. The van der Waals surface area contributed by atoms with Gasteiger partial charge in [0.1, 0.15) is 5.76 Å². The van der Waals surface area contributed by atoms with Crippen molar-refractivity contribution in [3.05, 3.63) is 59.4 Å². The number of thiocarbonyl (C=S) groups is 1. The monoisotopic (exact) mass is 287 g/mol. The Hall–Kier alpha value is -1.85. The van der Waals surface area contributed by atoms with Gasteiger partial charge in [0.2, 0.25) is 0 Å². The molecule has 0 spiro atoms. The highest BCUT2D eigenvalue weighted by molar-refractivity contribution is 8.27. The van der Waals surface area contributed by atoms with Crippen LogP contribution in [0.2, 0.25) is 0 Å². The largest absolute Gasteiger partial charge is 0.465 e. The van der Waals surface area contributed by atoms with Crippen LogP contribution >= 0.6 is 24.0 Å². The number of hydrogen-bond acceptors (Lipinski definition) is 4. The van der Waals surface area contributed by atoms with Gasteiger partial charge in [-0.2, -0.15) is 0 Å². The van der Waals surface area contributed by atoms with Crippen LogP contribution < -0.4 is 4.90 Å². The normalized spacial score (nSPS) is 17.5. The Morgan fingerprint density at radius 3 is 2.63 bits per heavy atom. The molecule has 1 aliphatic rings. The minimum absolute atomic E-state index is 0.113. The van der Waals surface area contributed by atoms with Gasteiger partial charge >= 0.3 is 0 Å². The number of furan rings is 1. The van der Waals surface area contributed by atoms with Gasteiger partial charge in [0, 0.05) is 6.08 Å². The molecule has 3 rings (SSSR count). The molecule has 3 nitrogen and oxygen atoms in total. The third-order valence-electron chi connectivity index (χ3n) is 2.62. The summed E-state index contributed by atoms with van der Waals surface area (Å²) in [6, 6.07) is 13.0. The van der Waals surface area contributed by atoms with E-state index in [0.717, 1.165) is 5.69 Å². The molecule has 94 valence electrons. The fourth-order valence-corrected chi connectivity index (χ4v) is 3.05. The predicted octanol–water partition coefficient (Wildman–Crippen LogP) is 3.69. The first-order valence-corrected chi connectivity index (χ1v) is 6.85. The van der Waals surface area contributed by atoms with Crippen molar-refractivity contribution in [2.75, 3.05) is 4.90 Å². The molecule has 1 fully saturated rings. The van der Waals surface area contributed by atoms with Crippen LogP contribution in [0.3, 0.4) is 0 Å². The first-order valence-electron chi connectivity index (χ1n) is 5.62. The Morgan fingerprint density at radius 1 is 1.16 bits per heavy atom. The van der Waals surface area contributed by atoms with Gasteiger partial charge in [-0.3, -0.25) is 9.69 Å². The highest BCUT2D eigenvalue weighted by atomic mass is 32.2. The minimum atomic E-state index is -0.113. The maximum absolute atomic E-state index is 12.4. The molecule has 0 saturated carbocycles. The Bertz CT molecular complexity index is 647. The summed E-state index contributed by atoms with van der Waals surface area (Å²) in [5, 5.41) is 0. The maximum Gasteiger partial charge on any atom is 0.270 e.